The quantitative estimate of drug-likeness (QED) is 0.314. The summed E-state index contributed by atoms with van der Waals surface area (Å²) in [4.78, 5) is 19.7. The third-order valence-corrected chi connectivity index (χ3v) is 6.93. The van der Waals surface area contributed by atoms with Crippen molar-refractivity contribution in [3.8, 4) is 11.4 Å². The highest BCUT2D eigenvalue weighted by atomic mass is 35.5. The van der Waals surface area contributed by atoms with Crippen LogP contribution in [-0.4, -0.2) is 16.2 Å². The maximum Gasteiger partial charge on any atom is 0.326 e. The van der Waals surface area contributed by atoms with Crippen LogP contribution in [0.3, 0.4) is 0 Å². The van der Waals surface area contributed by atoms with Gasteiger partial charge < -0.3 is 9.84 Å². The number of hydrogen-bond donors (Lipinski definition) is 1. The van der Waals surface area contributed by atoms with Crippen molar-refractivity contribution in [3.05, 3.63) is 106 Å². The molecule has 0 radical (unpaired) electrons. The van der Waals surface area contributed by atoms with E-state index in [9.17, 15) is 4.79 Å². The van der Waals surface area contributed by atoms with Gasteiger partial charge in [-0.3, -0.25) is 4.90 Å². The summed E-state index contributed by atoms with van der Waals surface area (Å²) in [6.07, 6.45) is 0.959. The van der Waals surface area contributed by atoms with Gasteiger partial charge in [0.05, 0.1) is 17.3 Å². The van der Waals surface area contributed by atoms with Crippen molar-refractivity contribution in [2.75, 3.05) is 4.90 Å². The Morgan fingerprint density at radius 1 is 1.00 bits per heavy atom. The minimum absolute atomic E-state index is 0.253. The van der Waals surface area contributed by atoms with Gasteiger partial charge in [0.15, 0.2) is 0 Å². The van der Waals surface area contributed by atoms with Crippen LogP contribution >= 0.6 is 11.6 Å². The summed E-state index contributed by atoms with van der Waals surface area (Å²) in [5, 5.41) is 7.96. The zero-order valence-electron chi connectivity index (χ0n) is 20.7. The van der Waals surface area contributed by atoms with E-state index in [1.54, 1.807) is 17.0 Å². The number of anilines is 1. The van der Waals surface area contributed by atoms with Crippen molar-refractivity contribution in [3.63, 3.8) is 0 Å². The van der Waals surface area contributed by atoms with Crippen LogP contribution < -0.4 is 10.2 Å². The van der Waals surface area contributed by atoms with E-state index in [0.717, 1.165) is 28.7 Å². The average Bonchev–Trinajstić information content (AvgIpc) is 3.35. The van der Waals surface area contributed by atoms with E-state index in [0.29, 0.717) is 28.1 Å². The summed E-state index contributed by atoms with van der Waals surface area (Å²) in [5.74, 6) is 0.857. The molecule has 6 nitrogen and oxygen atoms in total. The first-order valence-electron chi connectivity index (χ1n) is 11.9. The summed E-state index contributed by atoms with van der Waals surface area (Å²) in [7, 11) is 0. The molecule has 0 saturated heterocycles. The molecule has 1 N–H and O–H groups in total. The van der Waals surface area contributed by atoms with Crippen LogP contribution in [0.5, 0.6) is 0 Å². The van der Waals surface area contributed by atoms with E-state index in [-0.39, 0.29) is 6.03 Å². The molecule has 0 spiro atoms. The standard InChI is InChI=1S/C29H27ClN4O2/c1-5-20-10-13-21(14-11-20)27-32-28(36-33-27)25-19(4)34(24-8-6-7-23(30)16-24)29(35)31-26(25)22-12-9-17(2)18(3)15-22/h6-16,26H,5H2,1-4H3,(H,31,35). The van der Waals surface area contributed by atoms with Gasteiger partial charge in [0, 0.05) is 16.3 Å². The molecule has 2 amide bonds. The Labute approximate surface area is 215 Å². The van der Waals surface area contributed by atoms with Gasteiger partial charge in [-0.15, -0.1) is 0 Å². The van der Waals surface area contributed by atoms with E-state index >= 15 is 0 Å². The highest BCUT2D eigenvalue weighted by Gasteiger charge is 2.36. The first-order valence-corrected chi connectivity index (χ1v) is 12.3. The molecule has 4 aromatic rings. The lowest BCUT2D eigenvalue weighted by atomic mass is 9.92. The van der Waals surface area contributed by atoms with Crippen molar-refractivity contribution in [2.24, 2.45) is 0 Å². The van der Waals surface area contributed by atoms with E-state index in [1.807, 2.05) is 37.3 Å². The molecule has 3 aromatic carbocycles. The molecule has 5 rings (SSSR count). The monoisotopic (exact) mass is 498 g/mol. The number of halogens is 1. The molecule has 1 aromatic heterocycles. The number of nitrogens with one attached hydrogen (secondary N) is 1. The van der Waals surface area contributed by atoms with Gasteiger partial charge in [-0.2, -0.15) is 4.98 Å². The number of aromatic nitrogens is 2. The van der Waals surface area contributed by atoms with E-state index in [4.69, 9.17) is 21.1 Å². The summed E-state index contributed by atoms with van der Waals surface area (Å²) in [6.45, 7) is 8.13. The Bertz CT molecular complexity index is 1470. The molecule has 0 fully saturated rings. The predicted octanol–water partition coefficient (Wildman–Crippen LogP) is 7.27. The first kappa shape index (κ1) is 23.8. The molecule has 2 heterocycles. The van der Waals surface area contributed by atoms with Crippen LogP contribution in [-0.2, 0) is 6.42 Å². The number of amides is 2. The molecule has 1 atom stereocenters. The van der Waals surface area contributed by atoms with Crippen molar-refractivity contribution in [1.29, 1.82) is 0 Å². The number of carbonyl (C=O) groups excluding carboxylic acids is 1. The normalized spacial score (nSPS) is 15.9. The summed E-state index contributed by atoms with van der Waals surface area (Å²) in [6, 6.07) is 20.8. The Morgan fingerprint density at radius 2 is 1.78 bits per heavy atom. The van der Waals surface area contributed by atoms with Gasteiger partial charge in [0.25, 0.3) is 5.89 Å². The van der Waals surface area contributed by atoms with Crippen LogP contribution in [0, 0.1) is 13.8 Å². The number of rotatable bonds is 5. The summed E-state index contributed by atoms with van der Waals surface area (Å²) >= 11 is 6.25. The fraction of sp³-hybridized carbons (Fsp3) is 0.207. The largest absolute Gasteiger partial charge is 0.334 e. The molecule has 0 bridgehead atoms. The maximum atomic E-state index is 13.4. The summed E-state index contributed by atoms with van der Waals surface area (Å²) < 4.78 is 5.81. The molecule has 1 aliphatic rings. The Hall–Kier alpha value is -3.90. The van der Waals surface area contributed by atoms with Crippen LogP contribution in [0.1, 0.15) is 48.0 Å². The van der Waals surface area contributed by atoms with E-state index in [1.165, 1.54) is 11.1 Å². The van der Waals surface area contributed by atoms with Gasteiger partial charge in [0.1, 0.15) is 0 Å². The molecular formula is C29H27ClN4O2. The first-order chi connectivity index (χ1) is 17.4. The molecule has 1 unspecified atom stereocenters. The van der Waals surface area contributed by atoms with Crippen LogP contribution in [0.25, 0.3) is 17.0 Å². The van der Waals surface area contributed by atoms with Crippen molar-refractivity contribution < 1.29 is 9.32 Å². The number of hydrogen-bond acceptors (Lipinski definition) is 4. The van der Waals surface area contributed by atoms with Gasteiger partial charge in [0.2, 0.25) is 5.82 Å². The molecule has 1 aliphatic heterocycles. The van der Waals surface area contributed by atoms with Gasteiger partial charge in [-0.25, -0.2) is 4.79 Å². The second kappa shape index (κ2) is 9.63. The lowest BCUT2D eigenvalue weighted by Gasteiger charge is -2.35. The van der Waals surface area contributed by atoms with Crippen LogP contribution in [0.2, 0.25) is 5.02 Å². The third kappa shape index (κ3) is 4.40. The van der Waals surface area contributed by atoms with Crippen molar-refractivity contribution >= 4 is 28.9 Å². The minimum Gasteiger partial charge on any atom is -0.334 e. The Kier molecular flexibility index (Phi) is 6.37. The van der Waals surface area contributed by atoms with Crippen LogP contribution in [0.15, 0.2) is 77.0 Å². The van der Waals surface area contributed by atoms with E-state index in [2.05, 4.69) is 55.5 Å². The second-order valence-electron chi connectivity index (χ2n) is 9.01. The maximum absolute atomic E-state index is 13.4. The smallest absolute Gasteiger partial charge is 0.326 e. The molecular weight excluding hydrogens is 472 g/mol. The highest BCUT2D eigenvalue weighted by molar-refractivity contribution is 6.31. The van der Waals surface area contributed by atoms with Gasteiger partial charge in [-0.1, -0.05) is 72.2 Å². The Balaban J connectivity index is 1.65. The Morgan fingerprint density at radius 3 is 2.47 bits per heavy atom. The number of nitrogens with zero attached hydrogens (tertiary/aromatic N) is 3. The van der Waals surface area contributed by atoms with Gasteiger partial charge in [-0.05, 0) is 67.6 Å². The van der Waals surface area contributed by atoms with Crippen molar-refractivity contribution in [2.45, 2.75) is 40.2 Å². The summed E-state index contributed by atoms with van der Waals surface area (Å²) in [5.41, 5.74) is 7.46. The predicted molar refractivity (Wildman–Crippen MR) is 143 cm³/mol. The highest BCUT2D eigenvalue weighted by Crippen LogP contribution is 2.39. The van der Waals surface area contributed by atoms with E-state index < -0.39 is 6.04 Å². The molecule has 0 saturated carbocycles. The molecule has 7 heteroatoms. The fourth-order valence-electron chi connectivity index (χ4n) is 4.48. The SMILES string of the molecule is CCc1ccc(-c2noc(C3=C(C)N(c4cccc(Cl)c4)C(=O)NC3c3ccc(C)c(C)c3)n2)cc1. The third-order valence-electron chi connectivity index (χ3n) is 6.69. The van der Waals surface area contributed by atoms with Crippen molar-refractivity contribution in [1.82, 2.24) is 15.5 Å². The number of carbonyl (C=O) groups is 1. The zero-order chi connectivity index (χ0) is 25.4. The lowest BCUT2D eigenvalue weighted by Crippen LogP contribution is -2.46. The minimum atomic E-state index is -0.456. The van der Waals surface area contributed by atoms with Gasteiger partial charge >= 0.3 is 6.03 Å². The molecule has 182 valence electrons. The average molecular weight is 499 g/mol. The lowest BCUT2D eigenvalue weighted by molar-refractivity contribution is 0.244. The number of benzene rings is 3. The molecule has 0 aliphatic carbocycles. The number of aryl methyl sites for hydroxylation is 3. The topological polar surface area (TPSA) is 71.3 Å². The second-order valence-corrected chi connectivity index (χ2v) is 9.45. The molecule has 36 heavy (non-hydrogen) atoms. The zero-order valence-corrected chi connectivity index (χ0v) is 21.4. The number of allylic oxidation sites excluding steroid dienone is 1. The van der Waals surface area contributed by atoms with Crippen LogP contribution in [0.4, 0.5) is 10.5 Å². The number of urea groups is 1. The fourth-order valence-corrected chi connectivity index (χ4v) is 4.66.